The number of nitriles is 1. The highest BCUT2D eigenvalue weighted by Crippen LogP contribution is 2.32. The van der Waals surface area contributed by atoms with Gasteiger partial charge in [-0.05, 0) is 25.1 Å². The van der Waals surface area contributed by atoms with E-state index in [4.69, 9.17) is 19.6 Å². The lowest BCUT2D eigenvalue weighted by molar-refractivity contribution is -0.147. The standard InChI is InChI=1S/C13H12N2O5/c1-9(15-20-7-13(16)17-5-4-14)10-2-3-11-12(6-10)19-8-18-11/h2-3,6H,5,7-8H2,1H3/b15-9+. The Balaban J connectivity index is 1.90. The molecule has 1 aromatic rings. The van der Waals surface area contributed by atoms with Crippen molar-refractivity contribution in [1.82, 2.24) is 0 Å². The maximum absolute atomic E-state index is 11.1. The van der Waals surface area contributed by atoms with E-state index in [0.29, 0.717) is 17.2 Å². The van der Waals surface area contributed by atoms with Crippen molar-refractivity contribution in [1.29, 1.82) is 5.26 Å². The van der Waals surface area contributed by atoms with Gasteiger partial charge in [-0.3, -0.25) is 0 Å². The number of carbonyl (C=O) groups is 1. The molecule has 1 aliphatic heterocycles. The first kappa shape index (κ1) is 13.7. The fourth-order valence-corrected chi connectivity index (χ4v) is 1.51. The van der Waals surface area contributed by atoms with Crippen molar-refractivity contribution in [3.63, 3.8) is 0 Å². The van der Waals surface area contributed by atoms with Gasteiger partial charge in [0.15, 0.2) is 18.1 Å². The van der Waals surface area contributed by atoms with E-state index in [1.165, 1.54) is 0 Å². The molecule has 0 atom stereocenters. The summed E-state index contributed by atoms with van der Waals surface area (Å²) in [6.07, 6.45) is 0. The van der Waals surface area contributed by atoms with Crippen molar-refractivity contribution in [3.8, 4) is 17.6 Å². The molecule has 0 saturated carbocycles. The zero-order valence-corrected chi connectivity index (χ0v) is 10.8. The summed E-state index contributed by atoms with van der Waals surface area (Å²) >= 11 is 0. The monoisotopic (exact) mass is 276 g/mol. The first-order chi connectivity index (χ1) is 9.70. The molecule has 20 heavy (non-hydrogen) atoms. The normalized spacial score (nSPS) is 12.7. The minimum Gasteiger partial charge on any atom is -0.454 e. The Morgan fingerprint density at radius 1 is 1.45 bits per heavy atom. The lowest BCUT2D eigenvalue weighted by Crippen LogP contribution is -2.11. The molecule has 7 heteroatoms. The Morgan fingerprint density at radius 2 is 2.25 bits per heavy atom. The predicted molar refractivity (Wildman–Crippen MR) is 67.3 cm³/mol. The van der Waals surface area contributed by atoms with Crippen LogP contribution in [0.1, 0.15) is 12.5 Å². The molecule has 0 fully saturated rings. The number of hydrogen-bond acceptors (Lipinski definition) is 7. The molecule has 1 aromatic carbocycles. The topological polar surface area (TPSA) is 90.1 Å². The van der Waals surface area contributed by atoms with Crippen molar-refractivity contribution >= 4 is 11.7 Å². The number of oxime groups is 1. The van der Waals surface area contributed by atoms with Gasteiger partial charge in [0.2, 0.25) is 13.4 Å². The fourth-order valence-electron chi connectivity index (χ4n) is 1.51. The molecule has 0 N–H and O–H groups in total. The Labute approximate surface area is 115 Å². The van der Waals surface area contributed by atoms with Crippen LogP contribution in [0.15, 0.2) is 23.4 Å². The summed E-state index contributed by atoms with van der Waals surface area (Å²) in [6.45, 7) is 1.30. The van der Waals surface area contributed by atoms with E-state index in [1.807, 2.05) is 6.07 Å². The van der Waals surface area contributed by atoms with E-state index < -0.39 is 5.97 Å². The zero-order chi connectivity index (χ0) is 14.4. The summed E-state index contributed by atoms with van der Waals surface area (Å²) in [6, 6.07) is 7.05. The van der Waals surface area contributed by atoms with Crippen molar-refractivity contribution in [2.75, 3.05) is 20.0 Å². The fraction of sp³-hybridized carbons (Fsp3) is 0.308. The van der Waals surface area contributed by atoms with Gasteiger partial charge in [-0.25, -0.2) is 4.79 Å². The number of esters is 1. The van der Waals surface area contributed by atoms with E-state index >= 15 is 0 Å². The van der Waals surface area contributed by atoms with E-state index in [2.05, 4.69) is 9.89 Å². The molecule has 104 valence electrons. The number of ether oxygens (including phenoxy) is 3. The average Bonchev–Trinajstić information content (AvgIpc) is 2.92. The Morgan fingerprint density at radius 3 is 3.05 bits per heavy atom. The molecule has 2 rings (SSSR count). The summed E-state index contributed by atoms with van der Waals surface area (Å²) in [5.41, 5.74) is 1.37. The van der Waals surface area contributed by atoms with Crippen LogP contribution in [0.4, 0.5) is 0 Å². The second-order valence-electron chi connectivity index (χ2n) is 3.84. The largest absolute Gasteiger partial charge is 0.454 e. The van der Waals surface area contributed by atoms with Crippen LogP contribution in [-0.2, 0) is 14.4 Å². The molecule has 0 bridgehead atoms. The lowest BCUT2D eigenvalue weighted by Gasteiger charge is -2.03. The third-order valence-corrected chi connectivity index (χ3v) is 2.47. The van der Waals surface area contributed by atoms with Gasteiger partial charge in [-0.2, -0.15) is 5.26 Å². The minimum absolute atomic E-state index is 0.205. The van der Waals surface area contributed by atoms with Gasteiger partial charge < -0.3 is 19.0 Å². The first-order valence-corrected chi connectivity index (χ1v) is 5.80. The molecule has 0 aromatic heterocycles. The average molecular weight is 276 g/mol. The number of nitrogens with zero attached hydrogens (tertiary/aromatic N) is 2. The van der Waals surface area contributed by atoms with Crippen LogP contribution in [-0.4, -0.2) is 31.7 Å². The van der Waals surface area contributed by atoms with Gasteiger partial charge in [0, 0.05) is 5.56 Å². The molecule has 0 amide bonds. The summed E-state index contributed by atoms with van der Waals surface area (Å²) in [5.74, 6) is 0.682. The van der Waals surface area contributed by atoms with Gasteiger partial charge in [0.1, 0.15) is 6.07 Å². The molecule has 1 aliphatic rings. The highest BCUT2D eigenvalue weighted by Gasteiger charge is 2.14. The predicted octanol–water partition coefficient (Wildman–Crippen LogP) is 1.22. The molecule has 1 heterocycles. The highest BCUT2D eigenvalue weighted by atomic mass is 16.7. The minimum atomic E-state index is -0.645. The summed E-state index contributed by atoms with van der Waals surface area (Å²) in [4.78, 5) is 15.9. The Kier molecular flexibility index (Phi) is 4.39. The molecule has 0 spiro atoms. The molecule has 0 aliphatic carbocycles. The summed E-state index contributed by atoms with van der Waals surface area (Å²) < 4.78 is 15.0. The van der Waals surface area contributed by atoms with Gasteiger partial charge in [-0.1, -0.05) is 5.16 Å². The lowest BCUT2D eigenvalue weighted by atomic mass is 10.1. The molecule has 7 nitrogen and oxygen atoms in total. The molecule has 0 unspecified atom stereocenters. The Hall–Kier alpha value is -2.75. The summed E-state index contributed by atoms with van der Waals surface area (Å²) in [5, 5.41) is 12.0. The molecule has 0 radical (unpaired) electrons. The second-order valence-corrected chi connectivity index (χ2v) is 3.84. The number of fused-ring (bicyclic) bond motifs is 1. The van der Waals surface area contributed by atoms with E-state index in [0.717, 1.165) is 5.56 Å². The maximum atomic E-state index is 11.1. The van der Waals surface area contributed by atoms with Gasteiger partial charge in [-0.15, -0.1) is 0 Å². The Bertz CT molecular complexity index is 577. The molecular weight excluding hydrogens is 264 g/mol. The van der Waals surface area contributed by atoms with Crippen LogP contribution in [0.3, 0.4) is 0 Å². The first-order valence-electron chi connectivity index (χ1n) is 5.80. The SMILES string of the molecule is C/C(=N\OCC(=O)OCC#N)c1ccc2c(c1)OCO2. The number of benzene rings is 1. The van der Waals surface area contributed by atoms with Gasteiger partial charge in [0.05, 0.1) is 5.71 Å². The van der Waals surface area contributed by atoms with Crippen molar-refractivity contribution in [2.24, 2.45) is 5.16 Å². The smallest absolute Gasteiger partial charge is 0.348 e. The molecular formula is C13H12N2O5. The van der Waals surface area contributed by atoms with Crippen LogP contribution in [0.2, 0.25) is 0 Å². The van der Waals surface area contributed by atoms with Gasteiger partial charge in [0.25, 0.3) is 0 Å². The van der Waals surface area contributed by atoms with Crippen LogP contribution < -0.4 is 9.47 Å². The van der Waals surface area contributed by atoms with Crippen molar-refractivity contribution in [3.05, 3.63) is 23.8 Å². The maximum Gasteiger partial charge on any atom is 0.348 e. The van der Waals surface area contributed by atoms with Gasteiger partial charge >= 0.3 is 5.97 Å². The van der Waals surface area contributed by atoms with Crippen LogP contribution in [0.5, 0.6) is 11.5 Å². The van der Waals surface area contributed by atoms with E-state index in [-0.39, 0.29) is 20.0 Å². The van der Waals surface area contributed by atoms with Crippen LogP contribution in [0.25, 0.3) is 0 Å². The van der Waals surface area contributed by atoms with Crippen molar-refractivity contribution in [2.45, 2.75) is 6.92 Å². The highest BCUT2D eigenvalue weighted by molar-refractivity contribution is 5.98. The van der Waals surface area contributed by atoms with E-state index in [1.54, 1.807) is 25.1 Å². The van der Waals surface area contributed by atoms with Crippen LogP contribution >= 0.6 is 0 Å². The summed E-state index contributed by atoms with van der Waals surface area (Å²) in [7, 11) is 0. The number of carbonyl (C=O) groups excluding carboxylic acids is 1. The van der Waals surface area contributed by atoms with Crippen molar-refractivity contribution < 1.29 is 23.8 Å². The van der Waals surface area contributed by atoms with Crippen LogP contribution in [0, 0.1) is 11.3 Å². The zero-order valence-electron chi connectivity index (χ0n) is 10.8. The molecule has 0 saturated heterocycles. The number of hydrogen-bond donors (Lipinski definition) is 0. The van der Waals surface area contributed by atoms with E-state index in [9.17, 15) is 4.79 Å². The number of rotatable bonds is 5. The second kappa shape index (κ2) is 6.43. The third-order valence-electron chi connectivity index (χ3n) is 2.47. The quantitative estimate of drug-likeness (QED) is 0.456. The third kappa shape index (κ3) is 3.38.